The lowest BCUT2D eigenvalue weighted by Crippen LogP contribution is -2.49. The van der Waals surface area contributed by atoms with Gasteiger partial charge in [-0.2, -0.15) is 0 Å². The monoisotopic (exact) mass is 319 g/mol. The van der Waals surface area contributed by atoms with Gasteiger partial charge in [0.1, 0.15) is 5.75 Å². The van der Waals surface area contributed by atoms with E-state index in [9.17, 15) is 9.59 Å². The van der Waals surface area contributed by atoms with Crippen molar-refractivity contribution in [2.45, 2.75) is 58.4 Å². The zero-order valence-electron chi connectivity index (χ0n) is 14.1. The topological polar surface area (TPSA) is 75.6 Å². The minimum atomic E-state index is -0.877. The fraction of sp³-hybridized carbons (Fsp3) is 0.556. The third-order valence-electron chi connectivity index (χ3n) is 4.41. The molecule has 1 aliphatic carbocycles. The number of amides is 1. The zero-order chi connectivity index (χ0) is 17.0. The Hall–Kier alpha value is -2.04. The third kappa shape index (κ3) is 4.47. The number of ether oxygens (including phenoxy) is 1. The van der Waals surface area contributed by atoms with Gasteiger partial charge in [-0.15, -0.1) is 0 Å². The summed E-state index contributed by atoms with van der Waals surface area (Å²) >= 11 is 0. The van der Waals surface area contributed by atoms with E-state index < -0.39 is 11.5 Å². The molecule has 0 spiro atoms. The lowest BCUT2D eigenvalue weighted by atomic mass is 9.93. The summed E-state index contributed by atoms with van der Waals surface area (Å²) in [6.45, 7) is 5.84. The molecule has 0 bridgehead atoms. The van der Waals surface area contributed by atoms with Crippen LogP contribution in [0.25, 0.3) is 0 Å². The highest BCUT2D eigenvalue weighted by molar-refractivity contribution is 5.79. The molecule has 23 heavy (non-hydrogen) atoms. The van der Waals surface area contributed by atoms with Crippen LogP contribution >= 0.6 is 0 Å². The smallest absolute Gasteiger partial charge is 0.305 e. The highest BCUT2D eigenvalue weighted by Crippen LogP contribution is 2.32. The van der Waals surface area contributed by atoms with Gasteiger partial charge in [-0.25, -0.2) is 0 Å². The summed E-state index contributed by atoms with van der Waals surface area (Å²) < 4.78 is 5.69. The Morgan fingerprint density at radius 1 is 1.17 bits per heavy atom. The first-order valence-electron chi connectivity index (χ1n) is 8.05. The first-order chi connectivity index (χ1) is 10.8. The van der Waals surface area contributed by atoms with Crippen molar-refractivity contribution in [3.63, 3.8) is 0 Å². The Balaban J connectivity index is 1.98. The number of hydrogen-bond acceptors (Lipinski definition) is 3. The number of aliphatic carboxylic acids is 1. The molecule has 0 heterocycles. The van der Waals surface area contributed by atoms with Gasteiger partial charge < -0.3 is 15.2 Å². The molecule has 0 radical (unpaired) electrons. The van der Waals surface area contributed by atoms with E-state index in [4.69, 9.17) is 9.84 Å². The van der Waals surface area contributed by atoms with Crippen LogP contribution in [0, 0.1) is 20.8 Å². The summed E-state index contributed by atoms with van der Waals surface area (Å²) in [6, 6.07) is 4.03. The molecule has 1 amide bonds. The second-order valence-corrected chi connectivity index (χ2v) is 6.62. The molecule has 1 aliphatic rings. The van der Waals surface area contributed by atoms with E-state index in [0.717, 1.165) is 35.3 Å². The van der Waals surface area contributed by atoms with Crippen LogP contribution in [-0.2, 0) is 9.59 Å². The summed E-state index contributed by atoms with van der Waals surface area (Å²) in [5.41, 5.74) is 2.54. The first-order valence-corrected chi connectivity index (χ1v) is 8.05. The summed E-state index contributed by atoms with van der Waals surface area (Å²) in [6.07, 6.45) is 3.30. The first kappa shape index (κ1) is 17.3. The van der Waals surface area contributed by atoms with Crippen LogP contribution in [0.4, 0.5) is 0 Å². The van der Waals surface area contributed by atoms with Crippen molar-refractivity contribution in [2.75, 3.05) is 6.61 Å². The van der Waals surface area contributed by atoms with Crippen molar-refractivity contribution in [3.8, 4) is 5.75 Å². The molecule has 0 unspecified atom stereocenters. The SMILES string of the molecule is Cc1cc(C)c(OCC(=O)NC2(CC(=O)O)CCCC2)c(C)c1. The molecule has 0 saturated heterocycles. The van der Waals surface area contributed by atoms with Crippen LogP contribution in [0.3, 0.4) is 0 Å². The van der Waals surface area contributed by atoms with E-state index in [0.29, 0.717) is 12.8 Å². The van der Waals surface area contributed by atoms with Gasteiger partial charge in [-0.1, -0.05) is 30.5 Å². The van der Waals surface area contributed by atoms with E-state index in [1.807, 2.05) is 32.9 Å². The number of carboxylic acids is 1. The second kappa shape index (κ2) is 7.02. The highest BCUT2D eigenvalue weighted by Gasteiger charge is 2.37. The maximum Gasteiger partial charge on any atom is 0.305 e. The van der Waals surface area contributed by atoms with E-state index in [2.05, 4.69) is 5.32 Å². The number of aryl methyl sites for hydroxylation is 3. The molecule has 5 heteroatoms. The second-order valence-electron chi connectivity index (χ2n) is 6.62. The van der Waals surface area contributed by atoms with E-state index >= 15 is 0 Å². The molecule has 126 valence electrons. The predicted octanol–water partition coefficient (Wildman–Crippen LogP) is 2.89. The van der Waals surface area contributed by atoms with Gasteiger partial charge in [0.05, 0.1) is 12.0 Å². The molecule has 5 nitrogen and oxygen atoms in total. The van der Waals surface area contributed by atoms with Gasteiger partial charge in [-0.05, 0) is 44.7 Å². The molecule has 0 atom stereocenters. The molecule has 1 fully saturated rings. The highest BCUT2D eigenvalue weighted by atomic mass is 16.5. The van der Waals surface area contributed by atoms with Gasteiger partial charge in [0.25, 0.3) is 5.91 Å². The molecule has 1 saturated carbocycles. The van der Waals surface area contributed by atoms with Gasteiger partial charge in [0.15, 0.2) is 6.61 Å². The van der Waals surface area contributed by atoms with Crippen molar-refractivity contribution in [2.24, 2.45) is 0 Å². The van der Waals surface area contributed by atoms with Gasteiger partial charge in [0, 0.05) is 0 Å². The van der Waals surface area contributed by atoms with Crippen molar-refractivity contribution < 1.29 is 19.4 Å². The summed E-state index contributed by atoms with van der Waals surface area (Å²) in [4.78, 5) is 23.3. The number of hydrogen-bond donors (Lipinski definition) is 2. The average molecular weight is 319 g/mol. The third-order valence-corrected chi connectivity index (χ3v) is 4.41. The average Bonchev–Trinajstić information content (AvgIpc) is 2.84. The van der Waals surface area contributed by atoms with Crippen molar-refractivity contribution in [1.82, 2.24) is 5.32 Å². The molecule has 2 N–H and O–H groups in total. The van der Waals surface area contributed by atoms with Crippen molar-refractivity contribution in [1.29, 1.82) is 0 Å². The minimum Gasteiger partial charge on any atom is -0.483 e. The van der Waals surface area contributed by atoms with Gasteiger partial charge in [0.2, 0.25) is 0 Å². The fourth-order valence-electron chi connectivity index (χ4n) is 3.55. The van der Waals surface area contributed by atoms with Crippen LogP contribution in [0.2, 0.25) is 0 Å². The standard InChI is InChI=1S/C18H25NO4/c1-12-8-13(2)17(14(3)9-12)23-11-15(20)19-18(10-16(21)22)6-4-5-7-18/h8-9H,4-7,10-11H2,1-3H3,(H,19,20)(H,21,22). The maximum atomic E-state index is 12.2. The Bertz CT molecular complexity index is 580. The maximum absolute atomic E-state index is 12.2. The number of benzene rings is 1. The summed E-state index contributed by atoms with van der Waals surface area (Å²) in [5, 5.41) is 12.0. The number of nitrogens with one attached hydrogen (secondary N) is 1. The molecular weight excluding hydrogens is 294 g/mol. The van der Waals surface area contributed by atoms with Crippen molar-refractivity contribution in [3.05, 3.63) is 28.8 Å². The molecule has 1 aromatic carbocycles. The van der Waals surface area contributed by atoms with E-state index in [1.54, 1.807) is 0 Å². The van der Waals surface area contributed by atoms with Crippen LogP contribution in [0.1, 0.15) is 48.8 Å². The Kier molecular flexibility index (Phi) is 5.29. The van der Waals surface area contributed by atoms with Gasteiger partial charge in [-0.3, -0.25) is 9.59 Å². The van der Waals surface area contributed by atoms with Crippen molar-refractivity contribution >= 4 is 11.9 Å². The van der Waals surface area contributed by atoms with E-state index in [-0.39, 0.29) is 18.9 Å². The largest absolute Gasteiger partial charge is 0.483 e. The molecule has 0 aromatic heterocycles. The minimum absolute atomic E-state index is 0.0265. The van der Waals surface area contributed by atoms with E-state index in [1.165, 1.54) is 0 Å². The molecule has 0 aliphatic heterocycles. The molecule has 1 aromatic rings. The number of carbonyl (C=O) groups is 2. The zero-order valence-corrected chi connectivity index (χ0v) is 14.1. The van der Waals surface area contributed by atoms with Crippen LogP contribution in [0.5, 0.6) is 5.75 Å². The van der Waals surface area contributed by atoms with Crippen LogP contribution < -0.4 is 10.1 Å². The Labute approximate surface area is 137 Å². The van der Waals surface area contributed by atoms with Crippen LogP contribution in [0.15, 0.2) is 12.1 Å². The lowest BCUT2D eigenvalue weighted by molar-refractivity contribution is -0.139. The predicted molar refractivity (Wildman–Crippen MR) is 87.7 cm³/mol. The number of carbonyl (C=O) groups excluding carboxylic acids is 1. The quantitative estimate of drug-likeness (QED) is 0.845. The van der Waals surface area contributed by atoms with Gasteiger partial charge >= 0.3 is 5.97 Å². The normalized spacial score (nSPS) is 16.1. The summed E-state index contributed by atoms with van der Waals surface area (Å²) in [5.74, 6) is -0.407. The van der Waals surface area contributed by atoms with Crippen LogP contribution in [-0.4, -0.2) is 29.1 Å². The summed E-state index contributed by atoms with van der Waals surface area (Å²) in [7, 11) is 0. The Morgan fingerprint density at radius 2 is 1.74 bits per heavy atom. The fourth-order valence-corrected chi connectivity index (χ4v) is 3.55. The molecule has 2 rings (SSSR count). The number of carboxylic acid groups (broad SMARTS) is 1. The Morgan fingerprint density at radius 3 is 2.26 bits per heavy atom. The molecular formula is C18H25NO4. The lowest BCUT2D eigenvalue weighted by Gasteiger charge is -2.28. The number of rotatable bonds is 6.